The fourth-order valence-electron chi connectivity index (χ4n) is 2.50. The largest absolute Gasteiger partial charge is 0.340 e. The molecule has 2 aromatic carbocycles. The second-order valence-electron chi connectivity index (χ2n) is 5.73. The van der Waals surface area contributed by atoms with Gasteiger partial charge in [0, 0.05) is 24.4 Å². The average molecular weight is 370 g/mol. The number of nitriles is 1. The van der Waals surface area contributed by atoms with Crippen molar-refractivity contribution in [2.24, 2.45) is 0 Å². The summed E-state index contributed by atoms with van der Waals surface area (Å²) >= 11 is 5.76. The van der Waals surface area contributed by atoms with Crippen molar-refractivity contribution in [3.63, 3.8) is 0 Å². The molecule has 0 aromatic heterocycles. The van der Waals surface area contributed by atoms with Crippen molar-refractivity contribution in [3.8, 4) is 6.19 Å². The normalized spacial score (nSPS) is 11.3. The van der Waals surface area contributed by atoms with E-state index in [9.17, 15) is 9.59 Å². The van der Waals surface area contributed by atoms with Gasteiger partial charge >= 0.3 is 0 Å². The highest BCUT2D eigenvalue weighted by atomic mass is 35.5. The van der Waals surface area contributed by atoms with E-state index in [1.165, 1.54) is 0 Å². The van der Waals surface area contributed by atoms with E-state index in [-0.39, 0.29) is 12.5 Å². The lowest BCUT2D eigenvalue weighted by atomic mass is 10.0. The van der Waals surface area contributed by atoms with Crippen LogP contribution in [0.25, 0.3) is 0 Å². The Bertz CT molecular complexity index is 785. The molecule has 6 heteroatoms. The Balaban J connectivity index is 2.20. The molecule has 0 heterocycles. The molecule has 1 atom stereocenters. The molecule has 0 aliphatic heterocycles. The number of nitrogens with zero attached hydrogens (tertiary/aromatic N) is 2. The van der Waals surface area contributed by atoms with Gasteiger partial charge in [-0.2, -0.15) is 5.26 Å². The Morgan fingerprint density at radius 3 is 2.31 bits per heavy atom. The lowest BCUT2D eigenvalue weighted by Gasteiger charge is -2.22. The maximum absolute atomic E-state index is 12.6. The first kappa shape index (κ1) is 19.5. The molecular weight excluding hydrogens is 350 g/mol. The molecule has 0 bridgehead atoms. The molecule has 1 N–H and O–H groups in total. The first-order chi connectivity index (χ1) is 12.6. The summed E-state index contributed by atoms with van der Waals surface area (Å²) in [5.74, 6) is -0.427. The molecule has 0 saturated heterocycles. The molecule has 2 amide bonds. The maximum Gasteiger partial charge on any atom is 0.258 e. The molecule has 2 rings (SSSR count). The minimum absolute atomic E-state index is 0.251. The molecule has 26 heavy (non-hydrogen) atoms. The van der Waals surface area contributed by atoms with Crippen molar-refractivity contribution in [1.82, 2.24) is 10.2 Å². The van der Waals surface area contributed by atoms with Gasteiger partial charge in [-0.05, 0) is 30.2 Å². The number of alkyl halides is 1. The zero-order valence-corrected chi connectivity index (χ0v) is 15.2. The number of likely N-dealkylation sites (N-methyl/N-ethyl adjacent to an activating group) is 1. The molecule has 1 unspecified atom stereocenters. The van der Waals surface area contributed by atoms with Gasteiger partial charge in [0.05, 0.1) is 0 Å². The summed E-state index contributed by atoms with van der Waals surface area (Å²) in [6, 6.07) is 15.4. The van der Waals surface area contributed by atoms with Crippen LogP contribution in [0.3, 0.4) is 0 Å². The van der Waals surface area contributed by atoms with Crippen molar-refractivity contribution in [1.29, 1.82) is 5.26 Å². The zero-order valence-electron chi connectivity index (χ0n) is 14.5. The Hall–Kier alpha value is -2.84. The number of rotatable bonds is 7. The first-order valence-electron chi connectivity index (χ1n) is 8.29. The Labute approximate surface area is 158 Å². The minimum Gasteiger partial charge on any atom is -0.340 e. The number of carbonyl (C=O) groups is 2. The molecule has 0 radical (unpaired) electrons. The first-order valence-corrected chi connectivity index (χ1v) is 8.83. The second-order valence-corrected chi connectivity index (χ2v) is 6.00. The van der Waals surface area contributed by atoms with Crippen molar-refractivity contribution >= 4 is 23.4 Å². The van der Waals surface area contributed by atoms with Gasteiger partial charge in [-0.15, -0.1) is 11.6 Å². The summed E-state index contributed by atoms with van der Waals surface area (Å²) in [5.41, 5.74) is 2.24. The van der Waals surface area contributed by atoms with Gasteiger partial charge in [0.15, 0.2) is 6.19 Å². The van der Waals surface area contributed by atoms with Crippen LogP contribution in [0.2, 0.25) is 0 Å². The Morgan fingerprint density at radius 1 is 1.12 bits per heavy atom. The summed E-state index contributed by atoms with van der Waals surface area (Å²) < 4.78 is 0. The molecule has 2 aromatic rings. The SMILES string of the molecule is CCN(C#N)C(=O)C(Cc1ccccc1)NC(=O)c1ccc(CCl)cc1. The zero-order chi connectivity index (χ0) is 18.9. The van der Waals surface area contributed by atoms with Gasteiger partial charge < -0.3 is 5.32 Å². The number of hydrogen-bond acceptors (Lipinski definition) is 3. The van der Waals surface area contributed by atoms with Crippen molar-refractivity contribution in [3.05, 3.63) is 71.3 Å². The third-order valence-corrected chi connectivity index (χ3v) is 4.27. The van der Waals surface area contributed by atoms with Gasteiger partial charge in [0.2, 0.25) is 0 Å². The standard InChI is InChI=1S/C20H20ClN3O2/c1-2-24(14-22)20(26)18(12-15-6-4-3-5-7-15)23-19(25)17-10-8-16(13-21)9-11-17/h3-11,18H,2,12-13H2,1H3,(H,23,25). The van der Waals surface area contributed by atoms with Gasteiger partial charge in [0.25, 0.3) is 11.8 Å². The van der Waals surface area contributed by atoms with Crippen LogP contribution in [0.4, 0.5) is 0 Å². The number of nitrogens with one attached hydrogen (secondary N) is 1. The predicted octanol–water partition coefficient (Wildman–Crippen LogP) is 3.10. The van der Waals surface area contributed by atoms with E-state index in [0.717, 1.165) is 16.0 Å². The van der Waals surface area contributed by atoms with E-state index in [1.807, 2.05) is 36.5 Å². The van der Waals surface area contributed by atoms with Gasteiger partial charge in [-0.25, -0.2) is 4.90 Å². The van der Waals surface area contributed by atoms with Crippen molar-refractivity contribution in [2.75, 3.05) is 6.54 Å². The Kier molecular flexibility index (Phi) is 7.19. The number of benzene rings is 2. The smallest absolute Gasteiger partial charge is 0.258 e. The van der Waals surface area contributed by atoms with E-state index in [2.05, 4.69) is 5.32 Å². The molecule has 0 aliphatic carbocycles. The third kappa shape index (κ3) is 5.08. The van der Waals surface area contributed by atoms with Gasteiger partial charge in [-0.3, -0.25) is 9.59 Å². The number of carbonyl (C=O) groups excluding carboxylic acids is 2. The highest BCUT2D eigenvalue weighted by molar-refractivity contribution is 6.17. The maximum atomic E-state index is 12.6. The summed E-state index contributed by atoms with van der Waals surface area (Å²) in [6.07, 6.45) is 2.17. The van der Waals surface area contributed by atoms with E-state index in [0.29, 0.717) is 17.9 Å². The van der Waals surface area contributed by atoms with Crippen LogP contribution >= 0.6 is 11.6 Å². The van der Waals surface area contributed by atoms with E-state index >= 15 is 0 Å². The van der Waals surface area contributed by atoms with Crippen molar-refractivity contribution < 1.29 is 9.59 Å². The quantitative estimate of drug-likeness (QED) is 0.463. The van der Waals surface area contributed by atoms with Gasteiger partial charge in [0.1, 0.15) is 6.04 Å². The molecule has 0 aliphatic rings. The summed E-state index contributed by atoms with van der Waals surface area (Å²) in [5, 5.41) is 11.9. The number of halogens is 1. The number of hydrogen-bond donors (Lipinski definition) is 1. The van der Waals surface area contributed by atoms with E-state index in [1.54, 1.807) is 31.2 Å². The second kappa shape index (κ2) is 9.59. The fourth-order valence-corrected chi connectivity index (χ4v) is 2.68. The topological polar surface area (TPSA) is 73.2 Å². The monoisotopic (exact) mass is 369 g/mol. The lowest BCUT2D eigenvalue weighted by molar-refractivity contribution is -0.130. The highest BCUT2D eigenvalue weighted by Crippen LogP contribution is 2.10. The molecular formula is C20H20ClN3O2. The summed E-state index contributed by atoms with van der Waals surface area (Å²) in [4.78, 5) is 26.2. The van der Waals surface area contributed by atoms with Crippen LogP contribution in [0.15, 0.2) is 54.6 Å². The van der Waals surface area contributed by atoms with E-state index in [4.69, 9.17) is 16.9 Å². The van der Waals surface area contributed by atoms with Crippen LogP contribution in [0.5, 0.6) is 0 Å². The van der Waals surface area contributed by atoms with Crippen LogP contribution in [0, 0.1) is 11.5 Å². The molecule has 0 fully saturated rings. The average Bonchev–Trinajstić information content (AvgIpc) is 2.69. The van der Waals surface area contributed by atoms with Crippen LogP contribution in [-0.4, -0.2) is 29.3 Å². The Morgan fingerprint density at radius 2 is 1.77 bits per heavy atom. The molecule has 134 valence electrons. The summed E-state index contributed by atoms with van der Waals surface area (Å²) in [7, 11) is 0. The van der Waals surface area contributed by atoms with Crippen LogP contribution in [0.1, 0.15) is 28.4 Å². The molecule has 0 saturated carbocycles. The van der Waals surface area contributed by atoms with Gasteiger partial charge in [-0.1, -0.05) is 42.5 Å². The fraction of sp³-hybridized carbons (Fsp3) is 0.250. The van der Waals surface area contributed by atoms with Crippen LogP contribution in [-0.2, 0) is 17.1 Å². The van der Waals surface area contributed by atoms with Crippen LogP contribution < -0.4 is 5.32 Å². The summed E-state index contributed by atoms with van der Waals surface area (Å²) in [6.45, 7) is 1.97. The predicted molar refractivity (Wildman–Crippen MR) is 100 cm³/mol. The van der Waals surface area contributed by atoms with E-state index < -0.39 is 11.9 Å². The number of amides is 2. The van der Waals surface area contributed by atoms with Crippen molar-refractivity contribution in [2.45, 2.75) is 25.3 Å². The minimum atomic E-state index is -0.822. The third-order valence-electron chi connectivity index (χ3n) is 3.96. The molecule has 5 nitrogen and oxygen atoms in total. The highest BCUT2D eigenvalue weighted by Gasteiger charge is 2.26. The lowest BCUT2D eigenvalue weighted by Crippen LogP contribution is -2.48. The molecule has 0 spiro atoms.